The van der Waals surface area contributed by atoms with Crippen molar-refractivity contribution >= 4 is 28.9 Å². The number of benzene rings is 3. The number of aryl methyl sites for hydroxylation is 1. The fourth-order valence-corrected chi connectivity index (χ4v) is 3.30. The molecule has 0 saturated carbocycles. The van der Waals surface area contributed by atoms with Crippen LogP contribution in [-0.2, 0) is 6.61 Å². The van der Waals surface area contributed by atoms with Crippen LogP contribution in [0.3, 0.4) is 0 Å². The molecule has 0 bridgehead atoms. The number of halogens is 1. The number of hydrogen-bond acceptors (Lipinski definition) is 5. The Balaban J connectivity index is 1.87. The van der Waals surface area contributed by atoms with Crippen molar-refractivity contribution in [2.24, 2.45) is 0 Å². The minimum absolute atomic E-state index is 0.0137. The van der Waals surface area contributed by atoms with Crippen molar-refractivity contribution in [3.05, 3.63) is 98.1 Å². The molecular weight excluding hydrogens is 428 g/mol. The number of nitriles is 1. The molecule has 0 aliphatic carbocycles. The summed E-state index contributed by atoms with van der Waals surface area (Å²) in [7, 11) is 0. The summed E-state index contributed by atoms with van der Waals surface area (Å²) in [5, 5.41) is 20.8. The van der Waals surface area contributed by atoms with Crippen LogP contribution >= 0.6 is 11.6 Å². The van der Waals surface area contributed by atoms with Crippen molar-refractivity contribution in [1.29, 1.82) is 5.26 Å². The molecule has 0 aliphatic rings. The summed E-state index contributed by atoms with van der Waals surface area (Å²) >= 11 is 6.49. The average molecular weight is 449 g/mol. The van der Waals surface area contributed by atoms with E-state index in [9.17, 15) is 15.4 Å². The van der Waals surface area contributed by atoms with E-state index in [1.807, 2.05) is 38.1 Å². The van der Waals surface area contributed by atoms with Crippen LogP contribution in [0.25, 0.3) is 11.6 Å². The van der Waals surface area contributed by atoms with Crippen LogP contribution < -0.4 is 9.47 Å². The van der Waals surface area contributed by atoms with E-state index in [1.54, 1.807) is 30.3 Å². The zero-order chi connectivity index (χ0) is 23.1. The number of ether oxygens (including phenoxy) is 2. The standard InChI is InChI=1S/C25H21ClN2O4/c1-3-31-24-14-19(12-21(15-27)20-8-4-17(2)5-9-20)13-23(26)25(24)32-16-18-6-10-22(11-7-18)28(29)30/h4-14H,3,16H2,1-2H3/b21-12+. The monoisotopic (exact) mass is 448 g/mol. The van der Waals surface area contributed by atoms with E-state index in [1.165, 1.54) is 12.1 Å². The Morgan fingerprint density at radius 3 is 2.41 bits per heavy atom. The maximum absolute atomic E-state index is 10.8. The molecule has 0 aliphatic heterocycles. The highest BCUT2D eigenvalue weighted by Gasteiger charge is 2.14. The third kappa shape index (κ3) is 5.65. The first-order valence-electron chi connectivity index (χ1n) is 9.92. The molecule has 32 heavy (non-hydrogen) atoms. The Bertz CT molecular complexity index is 1180. The molecule has 0 heterocycles. The van der Waals surface area contributed by atoms with Gasteiger partial charge in [-0.1, -0.05) is 41.4 Å². The van der Waals surface area contributed by atoms with Crippen LogP contribution in [0.4, 0.5) is 5.69 Å². The fourth-order valence-electron chi connectivity index (χ4n) is 3.02. The highest BCUT2D eigenvalue weighted by Crippen LogP contribution is 2.38. The van der Waals surface area contributed by atoms with Gasteiger partial charge < -0.3 is 9.47 Å². The molecule has 162 valence electrons. The maximum atomic E-state index is 10.8. The van der Waals surface area contributed by atoms with E-state index in [0.29, 0.717) is 34.3 Å². The van der Waals surface area contributed by atoms with Gasteiger partial charge in [0.25, 0.3) is 5.69 Å². The molecule has 0 N–H and O–H groups in total. The van der Waals surface area contributed by atoms with E-state index in [2.05, 4.69) is 6.07 Å². The van der Waals surface area contributed by atoms with Gasteiger partial charge in [0.2, 0.25) is 0 Å². The summed E-state index contributed by atoms with van der Waals surface area (Å²) in [4.78, 5) is 10.4. The van der Waals surface area contributed by atoms with Gasteiger partial charge in [-0.3, -0.25) is 10.1 Å². The van der Waals surface area contributed by atoms with Gasteiger partial charge in [-0.2, -0.15) is 5.26 Å². The first kappa shape index (κ1) is 22.9. The lowest BCUT2D eigenvalue weighted by Crippen LogP contribution is -2.01. The zero-order valence-electron chi connectivity index (χ0n) is 17.7. The average Bonchev–Trinajstić information content (AvgIpc) is 2.78. The number of allylic oxidation sites excluding steroid dienone is 1. The molecule has 0 fully saturated rings. The number of rotatable bonds is 8. The van der Waals surface area contributed by atoms with Crippen molar-refractivity contribution in [1.82, 2.24) is 0 Å². The van der Waals surface area contributed by atoms with E-state index in [4.69, 9.17) is 21.1 Å². The van der Waals surface area contributed by atoms with E-state index in [0.717, 1.165) is 16.7 Å². The van der Waals surface area contributed by atoms with Gasteiger partial charge in [-0.15, -0.1) is 0 Å². The lowest BCUT2D eigenvalue weighted by atomic mass is 10.0. The van der Waals surface area contributed by atoms with Crippen LogP contribution in [0.2, 0.25) is 5.02 Å². The van der Waals surface area contributed by atoms with E-state index in [-0.39, 0.29) is 12.3 Å². The molecule has 0 aromatic heterocycles. The minimum atomic E-state index is -0.451. The SMILES string of the molecule is CCOc1cc(/C=C(\C#N)c2ccc(C)cc2)cc(Cl)c1OCc1ccc([N+](=O)[O-])cc1. The topological polar surface area (TPSA) is 85.4 Å². The Hall–Kier alpha value is -3.82. The second-order valence-electron chi connectivity index (χ2n) is 7.01. The number of non-ortho nitro benzene ring substituents is 1. The predicted octanol–water partition coefficient (Wildman–Crippen LogP) is 6.60. The van der Waals surface area contributed by atoms with E-state index < -0.39 is 4.92 Å². The van der Waals surface area contributed by atoms with Crippen LogP contribution in [0.1, 0.15) is 29.2 Å². The second-order valence-corrected chi connectivity index (χ2v) is 7.42. The normalized spacial score (nSPS) is 11.0. The molecule has 0 atom stereocenters. The summed E-state index contributed by atoms with van der Waals surface area (Å²) in [5.41, 5.74) is 3.90. The highest BCUT2D eigenvalue weighted by atomic mass is 35.5. The van der Waals surface area contributed by atoms with E-state index >= 15 is 0 Å². The molecular formula is C25H21ClN2O4. The second kappa shape index (κ2) is 10.5. The molecule has 0 spiro atoms. The smallest absolute Gasteiger partial charge is 0.269 e. The highest BCUT2D eigenvalue weighted by molar-refractivity contribution is 6.32. The third-order valence-corrected chi connectivity index (χ3v) is 4.94. The molecule has 3 aromatic rings. The summed E-state index contributed by atoms with van der Waals surface area (Å²) in [6.07, 6.45) is 1.75. The predicted molar refractivity (Wildman–Crippen MR) is 125 cm³/mol. The largest absolute Gasteiger partial charge is 0.490 e. The van der Waals surface area contributed by atoms with Gasteiger partial charge in [0.1, 0.15) is 6.61 Å². The summed E-state index contributed by atoms with van der Waals surface area (Å²) in [6, 6.07) is 19.5. The first-order chi connectivity index (χ1) is 15.4. The zero-order valence-corrected chi connectivity index (χ0v) is 18.4. The Morgan fingerprint density at radius 1 is 1.12 bits per heavy atom. The molecule has 0 amide bonds. The molecule has 3 aromatic carbocycles. The van der Waals surface area contributed by atoms with Crippen LogP contribution in [-0.4, -0.2) is 11.5 Å². The van der Waals surface area contributed by atoms with Crippen LogP contribution in [0.5, 0.6) is 11.5 Å². The number of nitro benzene ring substituents is 1. The van der Waals surface area contributed by atoms with Crippen molar-refractivity contribution in [2.45, 2.75) is 20.5 Å². The Morgan fingerprint density at radius 2 is 1.81 bits per heavy atom. The molecule has 0 saturated heterocycles. The van der Waals surface area contributed by atoms with Crippen molar-refractivity contribution in [3.63, 3.8) is 0 Å². The Labute approximate surface area is 191 Å². The summed E-state index contributed by atoms with van der Waals surface area (Å²) < 4.78 is 11.6. The Kier molecular flexibility index (Phi) is 7.48. The summed E-state index contributed by atoms with van der Waals surface area (Å²) in [5.74, 6) is 0.826. The molecule has 0 radical (unpaired) electrons. The number of hydrogen-bond donors (Lipinski definition) is 0. The van der Waals surface area contributed by atoms with Gasteiger partial charge in [-0.25, -0.2) is 0 Å². The molecule has 3 rings (SSSR count). The van der Waals surface area contributed by atoms with Crippen molar-refractivity contribution in [2.75, 3.05) is 6.61 Å². The minimum Gasteiger partial charge on any atom is -0.490 e. The first-order valence-corrected chi connectivity index (χ1v) is 10.3. The van der Waals surface area contributed by atoms with Gasteiger partial charge in [-0.05, 0) is 60.9 Å². The van der Waals surface area contributed by atoms with Crippen molar-refractivity contribution in [3.8, 4) is 17.6 Å². The van der Waals surface area contributed by atoms with Crippen LogP contribution in [0.15, 0.2) is 60.7 Å². The lowest BCUT2D eigenvalue weighted by Gasteiger charge is -2.15. The van der Waals surface area contributed by atoms with Crippen LogP contribution in [0, 0.1) is 28.4 Å². The fraction of sp³-hybridized carbons (Fsp3) is 0.160. The summed E-state index contributed by atoms with van der Waals surface area (Å²) in [6.45, 7) is 4.41. The molecule has 6 nitrogen and oxygen atoms in total. The van der Waals surface area contributed by atoms with Gasteiger partial charge >= 0.3 is 0 Å². The molecule has 7 heteroatoms. The molecule has 0 unspecified atom stereocenters. The quantitative estimate of drug-likeness (QED) is 0.168. The lowest BCUT2D eigenvalue weighted by molar-refractivity contribution is -0.384. The maximum Gasteiger partial charge on any atom is 0.269 e. The van der Waals surface area contributed by atoms with Gasteiger partial charge in [0.05, 0.1) is 28.2 Å². The third-order valence-electron chi connectivity index (χ3n) is 4.66. The number of nitro groups is 1. The van der Waals surface area contributed by atoms with Gasteiger partial charge in [0, 0.05) is 12.1 Å². The van der Waals surface area contributed by atoms with Crippen molar-refractivity contribution < 1.29 is 14.4 Å². The van der Waals surface area contributed by atoms with Gasteiger partial charge in [0.15, 0.2) is 11.5 Å². The number of nitrogens with zero attached hydrogens (tertiary/aromatic N) is 2.